The number of rotatable bonds is 4. The molecule has 3 aromatic heterocycles. The van der Waals surface area contributed by atoms with Crippen LogP contribution in [0.2, 0.25) is 0 Å². The van der Waals surface area contributed by atoms with Crippen LogP contribution in [-0.4, -0.2) is 44.6 Å². The monoisotopic (exact) mass is 381 g/mol. The number of aromatic nitrogens is 3. The molecule has 0 bridgehead atoms. The van der Waals surface area contributed by atoms with Crippen LogP contribution in [0, 0.1) is 5.92 Å². The van der Waals surface area contributed by atoms with Crippen LogP contribution in [-0.2, 0) is 4.79 Å². The third-order valence-corrected chi connectivity index (χ3v) is 5.24. The summed E-state index contributed by atoms with van der Waals surface area (Å²) in [5, 5.41) is 5.15. The number of primary amides is 1. The molecule has 2 amide bonds. The molecule has 4 rings (SSSR count). The van der Waals surface area contributed by atoms with Crippen LogP contribution in [0.1, 0.15) is 43.1 Å². The molecular weight excluding hydrogens is 358 g/mol. The molecule has 0 aromatic carbocycles. The molecule has 8 heteroatoms. The lowest BCUT2D eigenvalue weighted by atomic mass is 9.95. The van der Waals surface area contributed by atoms with Crippen LogP contribution in [0.4, 0.5) is 0 Å². The van der Waals surface area contributed by atoms with Crippen molar-refractivity contribution in [1.29, 1.82) is 0 Å². The minimum Gasteiger partial charge on any atom is -0.463 e. The maximum atomic E-state index is 13.3. The van der Waals surface area contributed by atoms with Crippen molar-refractivity contribution in [1.82, 2.24) is 19.7 Å². The van der Waals surface area contributed by atoms with Gasteiger partial charge in [0, 0.05) is 25.0 Å². The van der Waals surface area contributed by atoms with E-state index in [2.05, 4.69) is 5.10 Å². The van der Waals surface area contributed by atoms with Crippen molar-refractivity contribution in [3.63, 3.8) is 0 Å². The summed E-state index contributed by atoms with van der Waals surface area (Å²) in [7, 11) is 0. The molecule has 0 radical (unpaired) electrons. The fourth-order valence-electron chi connectivity index (χ4n) is 3.66. The molecular formula is C20H23N5O3. The van der Waals surface area contributed by atoms with Crippen LogP contribution in [0.15, 0.2) is 35.1 Å². The Kier molecular flexibility index (Phi) is 4.62. The van der Waals surface area contributed by atoms with Gasteiger partial charge in [-0.15, -0.1) is 0 Å². The third-order valence-electron chi connectivity index (χ3n) is 5.24. The van der Waals surface area contributed by atoms with Gasteiger partial charge in [0.2, 0.25) is 5.91 Å². The number of likely N-dealkylation sites (tertiary alicyclic amines) is 1. The molecule has 28 heavy (non-hydrogen) atoms. The van der Waals surface area contributed by atoms with Gasteiger partial charge in [0.25, 0.3) is 5.91 Å². The molecule has 0 atom stereocenters. The van der Waals surface area contributed by atoms with Gasteiger partial charge in [-0.3, -0.25) is 9.59 Å². The average molecular weight is 381 g/mol. The number of nitrogens with zero attached hydrogens (tertiary/aromatic N) is 4. The Morgan fingerprint density at radius 3 is 2.64 bits per heavy atom. The molecule has 1 aliphatic heterocycles. The van der Waals surface area contributed by atoms with E-state index < -0.39 is 0 Å². The van der Waals surface area contributed by atoms with E-state index >= 15 is 0 Å². The Bertz CT molecular complexity index is 1010. The molecule has 1 saturated heterocycles. The van der Waals surface area contributed by atoms with E-state index in [9.17, 15) is 9.59 Å². The summed E-state index contributed by atoms with van der Waals surface area (Å²) in [6.07, 6.45) is 4.45. The molecule has 0 unspecified atom stereocenters. The van der Waals surface area contributed by atoms with Crippen LogP contribution >= 0.6 is 0 Å². The maximum absolute atomic E-state index is 13.3. The maximum Gasteiger partial charge on any atom is 0.254 e. The van der Waals surface area contributed by atoms with Crippen molar-refractivity contribution in [2.24, 2.45) is 11.7 Å². The lowest BCUT2D eigenvalue weighted by Crippen LogP contribution is -2.41. The Morgan fingerprint density at radius 1 is 1.29 bits per heavy atom. The fraction of sp³-hybridized carbons (Fsp3) is 0.400. The molecule has 2 N–H and O–H groups in total. The minimum atomic E-state index is -0.295. The molecule has 0 saturated carbocycles. The van der Waals surface area contributed by atoms with Crippen LogP contribution < -0.4 is 5.73 Å². The lowest BCUT2D eigenvalue weighted by Gasteiger charge is -2.30. The summed E-state index contributed by atoms with van der Waals surface area (Å²) in [5.41, 5.74) is 7.19. The molecule has 4 heterocycles. The second kappa shape index (κ2) is 7.10. The van der Waals surface area contributed by atoms with Gasteiger partial charge in [0.05, 0.1) is 23.4 Å². The van der Waals surface area contributed by atoms with Gasteiger partial charge in [-0.2, -0.15) is 5.10 Å². The Labute approximate surface area is 162 Å². The zero-order valence-electron chi connectivity index (χ0n) is 16.0. The summed E-state index contributed by atoms with van der Waals surface area (Å²) < 4.78 is 7.30. The summed E-state index contributed by atoms with van der Waals surface area (Å²) in [6.45, 7) is 5.04. The second-order valence-corrected chi connectivity index (χ2v) is 7.42. The number of carbonyl (C=O) groups is 2. The summed E-state index contributed by atoms with van der Waals surface area (Å²) >= 11 is 0. The van der Waals surface area contributed by atoms with Crippen LogP contribution in [0.25, 0.3) is 22.5 Å². The number of piperidine rings is 1. The predicted molar refractivity (Wildman–Crippen MR) is 103 cm³/mol. The van der Waals surface area contributed by atoms with E-state index in [1.165, 1.54) is 0 Å². The molecule has 3 aromatic rings. The van der Waals surface area contributed by atoms with Gasteiger partial charge in [0.1, 0.15) is 5.69 Å². The highest BCUT2D eigenvalue weighted by atomic mass is 16.3. The van der Waals surface area contributed by atoms with Crippen molar-refractivity contribution < 1.29 is 14.0 Å². The fourth-order valence-corrected chi connectivity index (χ4v) is 3.66. The van der Waals surface area contributed by atoms with E-state index in [-0.39, 0.29) is 23.8 Å². The molecule has 0 spiro atoms. The van der Waals surface area contributed by atoms with Crippen molar-refractivity contribution >= 4 is 22.8 Å². The largest absolute Gasteiger partial charge is 0.463 e. The SMILES string of the molecule is CC(C)n1ncc2c(C(=O)N3CCC(C(N)=O)CC3)cc(-c3ccco3)nc21. The van der Waals surface area contributed by atoms with Crippen molar-refractivity contribution in [3.05, 3.63) is 36.2 Å². The molecule has 0 aliphatic carbocycles. The van der Waals surface area contributed by atoms with E-state index in [1.807, 2.05) is 19.9 Å². The standard InChI is InChI=1S/C20H23N5O3/c1-12(2)25-19-15(11-22-25)14(10-16(23-19)17-4-3-9-28-17)20(27)24-7-5-13(6-8-24)18(21)26/h3-4,9-13H,5-8H2,1-2H3,(H2,21,26). The van der Waals surface area contributed by atoms with E-state index in [1.54, 1.807) is 34.2 Å². The van der Waals surface area contributed by atoms with Crippen molar-refractivity contribution in [2.75, 3.05) is 13.1 Å². The summed E-state index contributed by atoms with van der Waals surface area (Å²) in [5.74, 6) is 0.0481. The molecule has 8 nitrogen and oxygen atoms in total. The predicted octanol–water partition coefficient (Wildman–Crippen LogP) is 2.61. The molecule has 1 fully saturated rings. The number of nitrogens with two attached hydrogens (primary N) is 1. The van der Waals surface area contributed by atoms with Gasteiger partial charge < -0.3 is 15.1 Å². The highest BCUT2D eigenvalue weighted by Gasteiger charge is 2.28. The smallest absolute Gasteiger partial charge is 0.254 e. The van der Waals surface area contributed by atoms with Crippen molar-refractivity contribution in [2.45, 2.75) is 32.7 Å². The first-order valence-corrected chi connectivity index (χ1v) is 9.46. The second-order valence-electron chi connectivity index (χ2n) is 7.42. The zero-order valence-corrected chi connectivity index (χ0v) is 16.0. The van der Waals surface area contributed by atoms with E-state index in [4.69, 9.17) is 15.1 Å². The van der Waals surface area contributed by atoms with Gasteiger partial charge in [-0.05, 0) is 44.9 Å². The van der Waals surface area contributed by atoms with Gasteiger partial charge in [0.15, 0.2) is 11.4 Å². The quantitative estimate of drug-likeness (QED) is 0.747. The summed E-state index contributed by atoms with van der Waals surface area (Å²) in [6, 6.07) is 5.47. The van der Waals surface area contributed by atoms with Gasteiger partial charge in [-0.25, -0.2) is 9.67 Å². The van der Waals surface area contributed by atoms with Crippen LogP contribution in [0.3, 0.4) is 0 Å². The minimum absolute atomic E-state index is 0.0913. The Hall–Kier alpha value is -3.16. The van der Waals surface area contributed by atoms with Crippen molar-refractivity contribution in [3.8, 4) is 11.5 Å². The first-order valence-electron chi connectivity index (χ1n) is 9.46. The number of fused-ring (bicyclic) bond motifs is 1. The highest BCUT2D eigenvalue weighted by molar-refractivity contribution is 6.06. The van der Waals surface area contributed by atoms with E-state index in [0.717, 1.165) is 0 Å². The Morgan fingerprint density at radius 2 is 2.04 bits per heavy atom. The average Bonchev–Trinajstić information content (AvgIpc) is 3.36. The number of hydrogen-bond acceptors (Lipinski definition) is 5. The van der Waals surface area contributed by atoms with E-state index in [0.29, 0.717) is 54.0 Å². The van der Waals surface area contributed by atoms with Gasteiger partial charge in [-0.1, -0.05) is 0 Å². The number of furan rings is 1. The first kappa shape index (κ1) is 18.2. The normalized spacial score (nSPS) is 15.5. The number of carbonyl (C=O) groups excluding carboxylic acids is 2. The number of hydrogen-bond donors (Lipinski definition) is 1. The number of pyridine rings is 1. The zero-order chi connectivity index (χ0) is 19.8. The first-order chi connectivity index (χ1) is 13.5. The van der Waals surface area contributed by atoms with Gasteiger partial charge >= 0.3 is 0 Å². The Balaban J connectivity index is 1.75. The highest BCUT2D eigenvalue weighted by Crippen LogP contribution is 2.28. The topological polar surface area (TPSA) is 107 Å². The van der Waals surface area contributed by atoms with Crippen LogP contribution in [0.5, 0.6) is 0 Å². The molecule has 1 aliphatic rings. The third kappa shape index (κ3) is 3.15. The molecule has 146 valence electrons. The lowest BCUT2D eigenvalue weighted by molar-refractivity contribution is -0.123. The number of amides is 2. The summed E-state index contributed by atoms with van der Waals surface area (Å²) in [4.78, 5) is 31.2.